The van der Waals surface area contributed by atoms with E-state index in [1.807, 2.05) is 29.1 Å². The molecule has 2 aliphatic rings. The topological polar surface area (TPSA) is 65.5 Å². The van der Waals surface area contributed by atoms with Crippen molar-refractivity contribution in [2.45, 2.75) is 13.4 Å². The number of hydrogen-bond acceptors (Lipinski definition) is 6. The van der Waals surface area contributed by atoms with Gasteiger partial charge in [-0.1, -0.05) is 11.6 Å². The van der Waals surface area contributed by atoms with Crippen LogP contribution in [0.3, 0.4) is 0 Å². The minimum absolute atomic E-state index is 0.00507. The van der Waals surface area contributed by atoms with Gasteiger partial charge in [0.25, 0.3) is 5.91 Å². The molecule has 1 fully saturated rings. The third-order valence-corrected chi connectivity index (χ3v) is 5.82. The van der Waals surface area contributed by atoms with Crippen molar-refractivity contribution in [2.24, 2.45) is 0 Å². The summed E-state index contributed by atoms with van der Waals surface area (Å²) in [5.41, 5.74) is 2.70. The number of anilines is 2. The number of ether oxygens (including phenoxy) is 2. The molecule has 0 aliphatic carbocycles. The molecule has 0 atom stereocenters. The number of nitrogens with zero attached hydrogens (tertiary/aromatic N) is 3. The van der Waals surface area contributed by atoms with E-state index in [4.69, 9.17) is 21.1 Å². The number of piperazine rings is 1. The van der Waals surface area contributed by atoms with Crippen LogP contribution in [0, 0.1) is 0 Å². The Bertz CT molecular complexity index is 934. The van der Waals surface area contributed by atoms with Gasteiger partial charge in [0, 0.05) is 43.0 Å². The lowest BCUT2D eigenvalue weighted by molar-refractivity contribution is -0.121. The number of hydrogen-bond donors (Lipinski definition) is 1. The summed E-state index contributed by atoms with van der Waals surface area (Å²) in [6.07, 6.45) is 0. The number of rotatable bonds is 5. The van der Waals surface area contributed by atoms with Crippen molar-refractivity contribution in [2.75, 3.05) is 49.7 Å². The van der Waals surface area contributed by atoms with Gasteiger partial charge in [-0.2, -0.15) is 0 Å². The Labute approximate surface area is 181 Å². The van der Waals surface area contributed by atoms with Crippen LogP contribution in [-0.4, -0.2) is 62.7 Å². The highest BCUT2D eigenvalue weighted by Crippen LogP contribution is 2.36. The number of halogens is 1. The highest BCUT2D eigenvalue weighted by molar-refractivity contribution is 6.45. The molecule has 0 bridgehead atoms. The van der Waals surface area contributed by atoms with Crippen molar-refractivity contribution in [3.8, 4) is 11.5 Å². The molecule has 2 heterocycles. The molecular formula is C21H25BClN3O4. The minimum atomic E-state index is -0.437. The quantitative estimate of drug-likeness (QED) is 0.737. The predicted molar refractivity (Wildman–Crippen MR) is 119 cm³/mol. The molecule has 4 rings (SSSR count). The van der Waals surface area contributed by atoms with Crippen molar-refractivity contribution in [3.05, 3.63) is 47.0 Å². The van der Waals surface area contributed by atoms with Crippen LogP contribution < -0.4 is 19.3 Å². The fourth-order valence-corrected chi connectivity index (χ4v) is 4.18. The van der Waals surface area contributed by atoms with E-state index in [1.165, 1.54) is 0 Å². The maximum Gasteiger partial charge on any atom is 0.376 e. The molecule has 0 aromatic heterocycles. The second-order valence-corrected chi connectivity index (χ2v) is 8.01. The molecule has 1 saturated heterocycles. The summed E-state index contributed by atoms with van der Waals surface area (Å²) in [6.45, 7) is 5.39. The Morgan fingerprint density at radius 2 is 1.93 bits per heavy atom. The molecule has 7 nitrogen and oxygen atoms in total. The van der Waals surface area contributed by atoms with E-state index in [1.54, 1.807) is 24.9 Å². The fourth-order valence-electron chi connectivity index (χ4n) is 3.93. The second kappa shape index (κ2) is 8.75. The van der Waals surface area contributed by atoms with Crippen LogP contribution in [0.4, 0.5) is 11.4 Å². The average molecular weight is 430 g/mol. The lowest BCUT2D eigenvalue weighted by atomic mass is 9.84. The van der Waals surface area contributed by atoms with Crippen molar-refractivity contribution in [1.82, 2.24) is 4.81 Å². The number of carbonyl (C=O) groups excluding carboxylic acids is 1. The number of benzene rings is 2. The van der Waals surface area contributed by atoms with Crippen LogP contribution in [0.15, 0.2) is 36.4 Å². The summed E-state index contributed by atoms with van der Waals surface area (Å²) in [5, 5.41) is 10.4. The molecular weight excluding hydrogens is 405 g/mol. The van der Waals surface area contributed by atoms with E-state index in [-0.39, 0.29) is 12.5 Å². The lowest BCUT2D eigenvalue weighted by Gasteiger charge is -2.37. The third-order valence-electron chi connectivity index (χ3n) is 5.60. The maximum absolute atomic E-state index is 12.6. The van der Waals surface area contributed by atoms with E-state index in [0.717, 1.165) is 43.1 Å². The Morgan fingerprint density at radius 1 is 1.17 bits per heavy atom. The zero-order valence-electron chi connectivity index (χ0n) is 17.2. The third kappa shape index (κ3) is 4.36. The summed E-state index contributed by atoms with van der Waals surface area (Å²) >= 11 is 6.42. The molecule has 1 N–H and O–H groups in total. The molecule has 0 unspecified atom stereocenters. The minimum Gasteiger partial charge on any atom is -0.497 e. The molecule has 9 heteroatoms. The number of carbonyl (C=O) groups is 1. The first-order valence-electron chi connectivity index (χ1n) is 10.0. The Kier molecular flexibility index (Phi) is 6.08. The van der Waals surface area contributed by atoms with Crippen LogP contribution in [0.2, 0.25) is 11.8 Å². The Morgan fingerprint density at radius 3 is 2.63 bits per heavy atom. The molecule has 0 radical (unpaired) electrons. The summed E-state index contributed by atoms with van der Waals surface area (Å²) in [5.74, 6) is 1.22. The van der Waals surface area contributed by atoms with Crippen molar-refractivity contribution in [3.63, 3.8) is 0 Å². The van der Waals surface area contributed by atoms with E-state index in [2.05, 4.69) is 11.0 Å². The highest BCUT2D eigenvalue weighted by atomic mass is 35.5. The summed E-state index contributed by atoms with van der Waals surface area (Å²) in [7, 11) is 1.16. The number of methoxy groups -OCH3 is 1. The average Bonchev–Trinajstić information content (AvgIpc) is 2.75. The standard InChI is InChI=1S/C21H25BClN3O4/c1-22(28)25-7-5-24(6-8-25)17-10-15(9-16(23)11-17)13-26-19-4-3-18(29-2)12-20(19)30-14-21(26)27/h3-4,9-12,28H,5-8,13-14H2,1-2H3. The summed E-state index contributed by atoms with van der Waals surface area (Å²) in [4.78, 5) is 18.6. The first kappa shape index (κ1) is 20.8. The van der Waals surface area contributed by atoms with Crippen molar-refractivity contribution in [1.29, 1.82) is 0 Å². The van der Waals surface area contributed by atoms with Crippen molar-refractivity contribution >= 4 is 35.9 Å². The molecule has 0 saturated carbocycles. The van der Waals surface area contributed by atoms with Gasteiger partial charge in [0.2, 0.25) is 0 Å². The predicted octanol–water partition coefficient (Wildman–Crippen LogP) is 2.51. The maximum atomic E-state index is 12.6. The van der Waals surface area contributed by atoms with E-state index < -0.39 is 7.05 Å². The van der Waals surface area contributed by atoms with Crippen LogP contribution in [0.25, 0.3) is 0 Å². The molecule has 158 valence electrons. The van der Waals surface area contributed by atoms with Gasteiger partial charge in [-0.3, -0.25) is 4.79 Å². The normalized spacial score (nSPS) is 16.9. The van der Waals surface area contributed by atoms with Gasteiger partial charge >= 0.3 is 7.05 Å². The summed E-state index contributed by atoms with van der Waals surface area (Å²) in [6, 6.07) is 11.4. The van der Waals surface area contributed by atoms with Gasteiger partial charge < -0.3 is 29.1 Å². The first-order chi connectivity index (χ1) is 14.4. The largest absolute Gasteiger partial charge is 0.497 e. The van der Waals surface area contributed by atoms with Gasteiger partial charge in [-0.25, -0.2) is 0 Å². The molecule has 30 heavy (non-hydrogen) atoms. The van der Waals surface area contributed by atoms with Gasteiger partial charge in [-0.15, -0.1) is 0 Å². The Hall–Kier alpha value is -2.42. The van der Waals surface area contributed by atoms with Gasteiger partial charge in [-0.05, 0) is 42.7 Å². The zero-order valence-corrected chi connectivity index (χ0v) is 17.9. The molecule has 2 aromatic rings. The Balaban J connectivity index is 1.55. The highest BCUT2D eigenvalue weighted by Gasteiger charge is 2.27. The first-order valence-corrected chi connectivity index (χ1v) is 10.4. The van der Waals surface area contributed by atoms with Crippen LogP contribution >= 0.6 is 11.6 Å². The van der Waals surface area contributed by atoms with Gasteiger partial charge in [0.05, 0.1) is 19.3 Å². The van der Waals surface area contributed by atoms with Crippen LogP contribution in [0.1, 0.15) is 5.56 Å². The van der Waals surface area contributed by atoms with Gasteiger partial charge in [0.15, 0.2) is 6.61 Å². The molecule has 2 aromatic carbocycles. The van der Waals surface area contributed by atoms with Crippen LogP contribution in [0.5, 0.6) is 11.5 Å². The monoisotopic (exact) mass is 429 g/mol. The molecule has 1 amide bonds. The fraction of sp³-hybridized carbons (Fsp3) is 0.381. The van der Waals surface area contributed by atoms with Crippen LogP contribution in [-0.2, 0) is 11.3 Å². The second-order valence-electron chi connectivity index (χ2n) is 7.57. The van der Waals surface area contributed by atoms with E-state index >= 15 is 0 Å². The molecule has 2 aliphatic heterocycles. The number of amides is 1. The van der Waals surface area contributed by atoms with Crippen molar-refractivity contribution < 1.29 is 19.3 Å². The van der Waals surface area contributed by atoms with E-state index in [9.17, 15) is 9.82 Å². The van der Waals surface area contributed by atoms with Gasteiger partial charge in [0.1, 0.15) is 11.5 Å². The lowest BCUT2D eigenvalue weighted by Crippen LogP contribution is -2.51. The van der Waals surface area contributed by atoms with E-state index in [0.29, 0.717) is 23.1 Å². The smallest absolute Gasteiger partial charge is 0.376 e. The molecule has 0 spiro atoms. The SMILES string of the molecule is COc1ccc2c(c1)OCC(=O)N2Cc1cc(Cl)cc(N2CCN(B(C)O)CC2)c1. The number of fused-ring (bicyclic) bond motifs is 1. The zero-order chi connectivity index (χ0) is 21.3. The summed E-state index contributed by atoms with van der Waals surface area (Å²) < 4.78 is 10.8.